The van der Waals surface area contributed by atoms with Gasteiger partial charge in [0.05, 0.1) is 11.6 Å². The summed E-state index contributed by atoms with van der Waals surface area (Å²) < 4.78 is 38.3. The third-order valence-corrected chi connectivity index (χ3v) is 3.16. The van der Waals surface area contributed by atoms with E-state index in [9.17, 15) is 18.0 Å². The van der Waals surface area contributed by atoms with E-state index >= 15 is 0 Å². The molecule has 0 radical (unpaired) electrons. The van der Waals surface area contributed by atoms with E-state index in [0.29, 0.717) is 16.1 Å². The van der Waals surface area contributed by atoms with Crippen LogP contribution in [0.4, 0.5) is 13.2 Å². The lowest BCUT2D eigenvalue weighted by atomic mass is 10.1. The summed E-state index contributed by atoms with van der Waals surface area (Å²) in [6, 6.07) is 7.69. The van der Waals surface area contributed by atoms with E-state index in [2.05, 4.69) is 0 Å². The Morgan fingerprint density at radius 2 is 2.05 bits per heavy atom. The molecule has 0 aliphatic rings. The fourth-order valence-corrected chi connectivity index (χ4v) is 2.02. The Balaban J connectivity index is 2.21. The minimum absolute atomic E-state index is 0.204. The van der Waals surface area contributed by atoms with Gasteiger partial charge in [-0.2, -0.15) is 18.4 Å². The number of ketones is 1. The first-order chi connectivity index (χ1) is 9.81. The van der Waals surface area contributed by atoms with Crippen LogP contribution in [-0.4, -0.2) is 16.5 Å². The van der Waals surface area contributed by atoms with Crippen molar-refractivity contribution >= 4 is 17.4 Å². The number of aromatic nitrogens is 1. The lowest BCUT2D eigenvalue weighted by Gasteiger charge is -2.06. The number of halogens is 4. The highest BCUT2D eigenvalue weighted by atomic mass is 35.5. The van der Waals surface area contributed by atoms with Gasteiger partial charge < -0.3 is 4.57 Å². The number of nitriles is 1. The van der Waals surface area contributed by atoms with Crippen LogP contribution in [0, 0.1) is 11.3 Å². The van der Waals surface area contributed by atoms with E-state index in [4.69, 9.17) is 16.9 Å². The molecule has 0 fully saturated rings. The molecule has 0 aliphatic carbocycles. The number of hydrogen-bond acceptors (Lipinski definition) is 2. The SMILES string of the molecule is N#Cc1ccc(Cn2ccc(C(=O)C(F)(F)F)c2)c(Cl)c1. The van der Waals surface area contributed by atoms with Gasteiger partial charge in [0.2, 0.25) is 0 Å². The number of Topliss-reactive ketones (excluding diaryl/α,β-unsaturated/α-hetero) is 1. The van der Waals surface area contributed by atoms with Crippen molar-refractivity contribution in [3.05, 3.63) is 58.4 Å². The van der Waals surface area contributed by atoms with Crippen LogP contribution in [0.25, 0.3) is 0 Å². The van der Waals surface area contributed by atoms with Gasteiger partial charge in [0, 0.05) is 29.5 Å². The second kappa shape index (κ2) is 5.62. The Labute approximate surface area is 123 Å². The zero-order chi connectivity index (χ0) is 15.6. The summed E-state index contributed by atoms with van der Waals surface area (Å²) in [5.74, 6) is -1.88. The van der Waals surface area contributed by atoms with Gasteiger partial charge in [0.1, 0.15) is 0 Å². The Morgan fingerprint density at radius 3 is 2.62 bits per heavy atom. The molecule has 1 heterocycles. The van der Waals surface area contributed by atoms with E-state index in [-0.39, 0.29) is 6.54 Å². The summed E-state index contributed by atoms with van der Waals surface area (Å²) in [7, 11) is 0. The van der Waals surface area contributed by atoms with Gasteiger partial charge in [-0.3, -0.25) is 4.79 Å². The molecule has 0 saturated heterocycles. The maximum absolute atomic E-state index is 12.3. The van der Waals surface area contributed by atoms with Crippen molar-refractivity contribution in [1.82, 2.24) is 4.57 Å². The molecule has 2 rings (SSSR count). The topological polar surface area (TPSA) is 45.8 Å². The van der Waals surface area contributed by atoms with Crippen LogP contribution in [0.1, 0.15) is 21.5 Å². The fraction of sp³-hybridized carbons (Fsp3) is 0.143. The molecule has 0 bridgehead atoms. The van der Waals surface area contributed by atoms with Crippen molar-refractivity contribution in [2.45, 2.75) is 12.7 Å². The van der Waals surface area contributed by atoms with Crippen LogP contribution in [-0.2, 0) is 6.54 Å². The molecule has 2 aromatic rings. The van der Waals surface area contributed by atoms with Gasteiger partial charge in [-0.15, -0.1) is 0 Å². The average Bonchev–Trinajstić information content (AvgIpc) is 2.87. The van der Waals surface area contributed by atoms with Crippen LogP contribution in [0.5, 0.6) is 0 Å². The highest BCUT2D eigenvalue weighted by molar-refractivity contribution is 6.31. The number of alkyl halides is 3. The first kappa shape index (κ1) is 15.1. The molecule has 0 unspecified atom stereocenters. The van der Waals surface area contributed by atoms with Gasteiger partial charge in [-0.25, -0.2) is 0 Å². The second-order valence-corrected chi connectivity index (χ2v) is 4.72. The van der Waals surface area contributed by atoms with Crippen molar-refractivity contribution in [3.63, 3.8) is 0 Å². The van der Waals surface area contributed by atoms with E-state index in [1.54, 1.807) is 12.1 Å². The third-order valence-electron chi connectivity index (χ3n) is 2.81. The Bertz CT molecular complexity index is 729. The number of rotatable bonds is 3. The highest BCUT2D eigenvalue weighted by Crippen LogP contribution is 2.23. The summed E-state index contributed by atoms with van der Waals surface area (Å²) in [6.45, 7) is 0.204. The van der Waals surface area contributed by atoms with E-state index < -0.39 is 17.5 Å². The molecule has 0 atom stereocenters. The molecule has 1 aromatic carbocycles. The molecule has 21 heavy (non-hydrogen) atoms. The first-order valence-electron chi connectivity index (χ1n) is 5.77. The van der Waals surface area contributed by atoms with Crippen molar-refractivity contribution in [2.24, 2.45) is 0 Å². The summed E-state index contributed by atoms with van der Waals surface area (Å²) in [6.07, 6.45) is -2.41. The molecule has 0 aliphatic heterocycles. The zero-order valence-corrected chi connectivity index (χ0v) is 11.2. The lowest BCUT2D eigenvalue weighted by Crippen LogP contribution is -2.22. The molecule has 1 aromatic heterocycles. The molecule has 7 heteroatoms. The maximum Gasteiger partial charge on any atom is 0.454 e. The normalized spacial score (nSPS) is 11.2. The molecule has 0 N–H and O–H groups in total. The van der Waals surface area contributed by atoms with Gasteiger partial charge in [-0.1, -0.05) is 17.7 Å². The second-order valence-electron chi connectivity index (χ2n) is 4.32. The van der Waals surface area contributed by atoms with E-state index in [0.717, 1.165) is 12.3 Å². The molecular formula is C14H8ClF3N2O. The largest absolute Gasteiger partial charge is 0.454 e. The van der Waals surface area contributed by atoms with Gasteiger partial charge in [0.15, 0.2) is 0 Å². The monoisotopic (exact) mass is 312 g/mol. The van der Waals surface area contributed by atoms with Crippen LogP contribution >= 0.6 is 11.6 Å². The highest BCUT2D eigenvalue weighted by Gasteiger charge is 2.39. The smallest absolute Gasteiger partial charge is 0.349 e. The van der Waals surface area contributed by atoms with Crippen molar-refractivity contribution in [1.29, 1.82) is 5.26 Å². The number of carbonyl (C=O) groups excluding carboxylic acids is 1. The lowest BCUT2D eigenvalue weighted by molar-refractivity contribution is -0.0885. The van der Waals surface area contributed by atoms with Gasteiger partial charge >= 0.3 is 6.18 Å². The Hall–Kier alpha value is -2.26. The fourth-order valence-electron chi connectivity index (χ4n) is 1.78. The van der Waals surface area contributed by atoms with Crippen molar-refractivity contribution in [2.75, 3.05) is 0 Å². The predicted molar refractivity (Wildman–Crippen MR) is 70.1 cm³/mol. The zero-order valence-electron chi connectivity index (χ0n) is 10.5. The average molecular weight is 313 g/mol. The van der Waals surface area contributed by atoms with E-state index in [1.807, 2.05) is 6.07 Å². The summed E-state index contributed by atoms with van der Waals surface area (Å²) in [5, 5.41) is 9.06. The third kappa shape index (κ3) is 3.44. The van der Waals surface area contributed by atoms with Gasteiger partial charge in [-0.05, 0) is 23.8 Å². The number of carbonyl (C=O) groups is 1. The maximum atomic E-state index is 12.3. The van der Waals surface area contributed by atoms with Crippen LogP contribution in [0.2, 0.25) is 5.02 Å². The number of benzene rings is 1. The minimum Gasteiger partial charge on any atom is -0.349 e. The number of nitrogens with zero attached hydrogens (tertiary/aromatic N) is 2. The molecule has 0 saturated carbocycles. The predicted octanol–water partition coefficient (Wildman–Crippen LogP) is 3.81. The molecular weight excluding hydrogens is 305 g/mol. The molecule has 0 spiro atoms. The first-order valence-corrected chi connectivity index (χ1v) is 6.15. The molecule has 108 valence electrons. The van der Waals surface area contributed by atoms with Crippen molar-refractivity contribution in [3.8, 4) is 6.07 Å². The standard InChI is InChI=1S/C14H8ClF3N2O/c15-12-5-9(6-19)1-2-10(12)7-20-4-3-11(8-20)13(21)14(16,17)18/h1-5,8H,7H2. The number of hydrogen-bond donors (Lipinski definition) is 0. The minimum atomic E-state index is -4.89. The summed E-state index contributed by atoms with van der Waals surface area (Å²) >= 11 is 5.99. The van der Waals surface area contributed by atoms with Gasteiger partial charge in [0.25, 0.3) is 5.78 Å². The van der Waals surface area contributed by atoms with Crippen LogP contribution in [0.15, 0.2) is 36.7 Å². The van der Waals surface area contributed by atoms with Crippen LogP contribution < -0.4 is 0 Å². The molecule has 0 amide bonds. The Kier molecular flexibility index (Phi) is 4.05. The van der Waals surface area contributed by atoms with Crippen LogP contribution in [0.3, 0.4) is 0 Å². The molecule has 3 nitrogen and oxygen atoms in total. The van der Waals surface area contributed by atoms with Crippen molar-refractivity contribution < 1.29 is 18.0 Å². The summed E-state index contributed by atoms with van der Waals surface area (Å²) in [5.41, 5.74) is 0.605. The quantitative estimate of drug-likeness (QED) is 0.809. The van der Waals surface area contributed by atoms with E-state index in [1.165, 1.54) is 16.8 Å². The Morgan fingerprint density at radius 1 is 1.33 bits per heavy atom. The summed E-state index contributed by atoms with van der Waals surface area (Å²) in [4.78, 5) is 11.1.